The Morgan fingerprint density at radius 2 is 1.11 bits per heavy atom. The molecular weight excluding hydrogens is 685 g/mol. The number of aromatic nitrogens is 4. The molecule has 11 aromatic rings. The van der Waals surface area contributed by atoms with Crippen molar-refractivity contribution in [3.8, 4) is 62.1 Å². The Bertz CT molecular complexity index is 3640. The zero-order valence-electron chi connectivity index (χ0n) is 37.6. The van der Waals surface area contributed by atoms with E-state index >= 15 is 0 Å². The van der Waals surface area contributed by atoms with Gasteiger partial charge in [0.05, 0.1) is 27.7 Å². The van der Waals surface area contributed by atoms with Crippen molar-refractivity contribution in [2.45, 2.75) is 0 Å². The molecule has 11 rings (SSSR count). The molecule has 5 heteroatoms. The molecule has 0 fully saturated rings. The van der Waals surface area contributed by atoms with Gasteiger partial charge >= 0.3 is 0 Å². The summed E-state index contributed by atoms with van der Waals surface area (Å²) >= 11 is 0. The Balaban J connectivity index is 1.29. The number of fused-ring (bicyclic) bond motifs is 6. The largest absolute Gasteiger partial charge is 0.455 e. The maximum Gasteiger partial charge on any atom is 0.166 e. The van der Waals surface area contributed by atoms with Gasteiger partial charge in [0.15, 0.2) is 17.5 Å². The number of furan rings is 1. The first kappa shape index (κ1) is 24.6. The smallest absolute Gasteiger partial charge is 0.166 e. The van der Waals surface area contributed by atoms with Crippen molar-refractivity contribution in [3.05, 3.63) is 194 Å². The van der Waals surface area contributed by atoms with Crippen LogP contribution in [-0.4, -0.2) is 19.5 Å². The standard InChI is InChI=1S/C51H32N4O/c1-4-15-33(16-5-1)36-28-30-45-43(31-36)39-21-10-12-25-44(39)55(45)46-32-37(38-23-14-24-41-40-22-11-13-26-47(40)56-48(38)41)27-29-42(46)51-53-49(34-17-6-2-7-18-34)52-50(54-51)35-19-8-3-9-20-35/h1-32H/i1D,10D,15D,16D,21D,25D,30D,31D. The van der Waals surface area contributed by atoms with Crippen LogP contribution in [-0.2, 0) is 0 Å². The number of rotatable bonds is 6. The fourth-order valence-corrected chi connectivity index (χ4v) is 7.43. The van der Waals surface area contributed by atoms with Crippen LogP contribution in [0, 0.1) is 0 Å². The summed E-state index contributed by atoms with van der Waals surface area (Å²) in [6.45, 7) is 0. The van der Waals surface area contributed by atoms with Crippen molar-refractivity contribution in [2.75, 3.05) is 0 Å². The summed E-state index contributed by atoms with van der Waals surface area (Å²) in [6, 6.07) is 42.7. The SMILES string of the molecule is [2H]c1cc([2H])c(-c2cc([2H])c3c(c2[2H])c2c([2H])c([2H])cc([2H])c2n3-c2cc(-c3cccc4c3oc3ccccc34)ccc2-c2nc(-c3ccccc3)nc(-c3ccccc3)n2)c([2H])c1. The first-order chi connectivity index (χ1) is 31.0. The predicted molar refractivity (Wildman–Crippen MR) is 229 cm³/mol. The summed E-state index contributed by atoms with van der Waals surface area (Å²) < 4.78 is 80.8. The molecule has 0 aliphatic carbocycles. The van der Waals surface area contributed by atoms with Crippen LogP contribution in [0.4, 0.5) is 0 Å². The molecule has 5 nitrogen and oxygen atoms in total. The van der Waals surface area contributed by atoms with E-state index in [2.05, 4.69) is 0 Å². The lowest BCUT2D eigenvalue weighted by atomic mass is 9.99. The third-order valence-corrected chi connectivity index (χ3v) is 10.0. The Labute approximate surface area is 334 Å². The average Bonchev–Trinajstić information content (AvgIpc) is 3.88. The van der Waals surface area contributed by atoms with Crippen LogP contribution >= 0.6 is 0 Å². The zero-order chi connectivity index (χ0) is 44.0. The summed E-state index contributed by atoms with van der Waals surface area (Å²) in [5.41, 5.74) is 5.79. The number of nitrogens with zero attached hydrogens (tertiary/aromatic N) is 4. The summed E-state index contributed by atoms with van der Waals surface area (Å²) in [7, 11) is 0. The van der Waals surface area contributed by atoms with Crippen LogP contribution in [0.15, 0.2) is 198 Å². The highest BCUT2D eigenvalue weighted by molar-refractivity contribution is 6.12. The molecule has 0 amide bonds. The second-order valence-electron chi connectivity index (χ2n) is 13.3. The topological polar surface area (TPSA) is 56.7 Å². The molecule has 0 aliphatic rings. The number of para-hydroxylation sites is 3. The van der Waals surface area contributed by atoms with Crippen molar-refractivity contribution >= 4 is 43.7 Å². The van der Waals surface area contributed by atoms with Crippen molar-refractivity contribution in [3.63, 3.8) is 0 Å². The maximum atomic E-state index is 9.74. The molecule has 0 atom stereocenters. The van der Waals surface area contributed by atoms with Crippen LogP contribution in [0.5, 0.6) is 0 Å². The molecule has 262 valence electrons. The van der Waals surface area contributed by atoms with E-state index in [0.29, 0.717) is 28.5 Å². The van der Waals surface area contributed by atoms with E-state index in [1.807, 2.05) is 121 Å². The average molecular weight is 725 g/mol. The van der Waals surface area contributed by atoms with E-state index < -0.39 is 0 Å². The van der Waals surface area contributed by atoms with Gasteiger partial charge in [-0.15, -0.1) is 0 Å². The molecule has 0 radical (unpaired) electrons. The lowest BCUT2D eigenvalue weighted by Crippen LogP contribution is -2.04. The summed E-state index contributed by atoms with van der Waals surface area (Å²) in [5.74, 6) is 1.11. The summed E-state index contributed by atoms with van der Waals surface area (Å²) in [4.78, 5) is 15.1. The normalized spacial score (nSPS) is 13.6. The first-order valence-electron chi connectivity index (χ1n) is 22.1. The van der Waals surface area contributed by atoms with Gasteiger partial charge in [0.1, 0.15) is 11.2 Å². The Morgan fingerprint density at radius 3 is 1.89 bits per heavy atom. The van der Waals surface area contributed by atoms with Gasteiger partial charge in [-0.1, -0.05) is 158 Å². The van der Waals surface area contributed by atoms with Gasteiger partial charge in [0.25, 0.3) is 0 Å². The summed E-state index contributed by atoms with van der Waals surface area (Å²) in [6.07, 6.45) is 0. The van der Waals surface area contributed by atoms with E-state index in [4.69, 9.17) is 24.9 Å². The number of benzene rings is 8. The van der Waals surface area contributed by atoms with E-state index in [1.54, 1.807) is 4.57 Å². The van der Waals surface area contributed by atoms with Gasteiger partial charge < -0.3 is 8.98 Å². The van der Waals surface area contributed by atoms with Crippen LogP contribution in [0.3, 0.4) is 0 Å². The van der Waals surface area contributed by atoms with Gasteiger partial charge in [0.2, 0.25) is 0 Å². The van der Waals surface area contributed by atoms with Crippen molar-refractivity contribution in [1.29, 1.82) is 0 Å². The molecular formula is C51H32N4O. The number of hydrogen-bond acceptors (Lipinski definition) is 4. The quantitative estimate of drug-likeness (QED) is 0.171. The highest BCUT2D eigenvalue weighted by Crippen LogP contribution is 2.42. The molecule has 0 bridgehead atoms. The van der Waals surface area contributed by atoms with Crippen LogP contribution in [0.2, 0.25) is 0 Å². The fraction of sp³-hybridized carbons (Fsp3) is 0. The molecule has 56 heavy (non-hydrogen) atoms. The molecule has 3 aromatic heterocycles. The van der Waals surface area contributed by atoms with Crippen molar-refractivity contribution in [2.24, 2.45) is 0 Å². The van der Waals surface area contributed by atoms with E-state index in [0.717, 1.165) is 38.6 Å². The highest BCUT2D eigenvalue weighted by Gasteiger charge is 2.22. The van der Waals surface area contributed by atoms with Crippen LogP contribution in [0.1, 0.15) is 11.0 Å². The minimum atomic E-state index is -0.249. The van der Waals surface area contributed by atoms with Crippen molar-refractivity contribution in [1.82, 2.24) is 19.5 Å². The van der Waals surface area contributed by atoms with Crippen LogP contribution < -0.4 is 0 Å². The molecule has 0 spiro atoms. The predicted octanol–water partition coefficient (Wildman–Crippen LogP) is 13.2. The first-order valence-corrected chi connectivity index (χ1v) is 18.1. The second-order valence-corrected chi connectivity index (χ2v) is 13.3. The Morgan fingerprint density at radius 1 is 0.429 bits per heavy atom. The molecule has 0 aliphatic heterocycles. The van der Waals surface area contributed by atoms with E-state index in [9.17, 15) is 5.48 Å². The van der Waals surface area contributed by atoms with Gasteiger partial charge in [-0.2, -0.15) is 0 Å². The lowest BCUT2D eigenvalue weighted by molar-refractivity contribution is 0.670. The van der Waals surface area contributed by atoms with Gasteiger partial charge in [-0.3, -0.25) is 0 Å². The third kappa shape index (κ3) is 5.29. The highest BCUT2D eigenvalue weighted by atomic mass is 16.3. The van der Waals surface area contributed by atoms with E-state index in [1.165, 1.54) is 24.3 Å². The zero-order valence-corrected chi connectivity index (χ0v) is 29.6. The lowest BCUT2D eigenvalue weighted by Gasteiger charge is -2.16. The van der Waals surface area contributed by atoms with Gasteiger partial charge in [-0.25, -0.2) is 15.0 Å². The minimum absolute atomic E-state index is 0.0323. The van der Waals surface area contributed by atoms with Gasteiger partial charge in [0, 0.05) is 43.8 Å². The molecule has 3 heterocycles. The van der Waals surface area contributed by atoms with E-state index in [-0.39, 0.29) is 87.1 Å². The molecule has 8 aromatic carbocycles. The monoisotopic (exact) mass is 724 g/mol. The molecule has 0 saturated carbocycles. The number of hydrogen-bond donors (Lipinski definition) is 0. The van der Waals surface area contributed by atoms with Crippen LogP contribution in [0.25, 0.3) is 106 Å². The fourth-order valence-electron chi connectivity index (χ4n) is 7.43. The Kier molecular flexibility index (Phi) is 5.74. The Hall–Kier alpha value is -7.63. The third-order valence-electron chi connectivity index (χ3n) is 10.0. The van der Waals surface area contributed by atoms with Crippen molar-refractivity contribution < 1.29 is 15.4 Å². The molecule has 0 saturated heterocycles. The molecule has 0 unspecified atom stereocenters. The molecule has 0 N–H and O–H groups in total. The van der Waals surface area contributed by atoms with Gasteiger partial charge in [-0.05, 0) is 53.0 Å². The summed E-state index contributed by atoms with van der Waals surface area (Å²) in [5, 5.41) is 2.09. The second kappa shape index (κ2) is 13.0. The minimum Gasteiger partial charge on any atom is -0.455 e. The maximum absolute atomic E-state index is 9.74.